The molecule has 0 aliphatic carbocycles. The quantitative estimate of drug-likeness (QED) is 0.695. The van der Waals surface area contributed by atoms with Crippen LogP contribution in [0, 0.1) is 10.1 Å². The highest BCUT2D eigenvalue weighted by molar-refractivity contribution is 6.07. The maximum Gasteiger partial charge on any atom is 0.293 e. The molecule has 0 radical (unpaired) electrons. The number of nitro benzene ring substituents is 1. The lowest BCUT2D eigenvalue weighted by atomic mass is 10.1. The molecule has 23 heavy (non-hydrogen) atoms. The summed E-state index contributed by atoms with van der Waals surface area (Å²) >= 11 is 0. The summed E-state index contributed by atoms with van der Waals surface area (Å²) < 4.78 is 5.53. The van der Waals surface area contributed by atoms with Crippen LogP contribution in [0.25, 0.3) is 0 Å². The SMILES string of the molecule is CNc1ccc(C(=O)N2CCOc3ccccc32)cc1[N+](=O)[O-]. The maximum atomic E-state index is 12.8. The fourth-order valence-corrected chi connectivity index (χ4v) is 2.56. The molecule has 0 atom stereocenters. The van der Waals surface area contributed by atoms with Gasteiger partial charge in [0.1, 0.15) is 18.0 Å². The molecule has 0 saturated carbocycles. The van der Waals surface area contributed by atoms with Crippen molar-refractivity contribution in [3.05, 3.63) is 58.1 Å². The second-order valence-electron chi connectivity index (χ2n) is 5.01. The zero-order valence-electron chi connectivity index (χ0n) is 12.5. The molecule has 7 heteroatoms. The van der Waals surface area contributed by atoms with Gasteiger partial charge in [-0.1, -0.05) is 12.1 Å². The zero-order valence-corrected chi connectivity index (χ0v) is 12.5. The minimum Gasteiger partial charge on any atom is -0.490 e. The van der Waals surface area contributed by atoms with Crippen molar-refractivity contribution >= 4 is 23.0 Å². The van der Waals surface area contributed by atoms with Gasteiger partial charge in [-0.2, -0.15) is 0 Å². The van der Waals surface area contributed by atoms with Gasteiger partial charge in [-0.05, 0) is 24.3 Å². The van der Waals surface area contributed by atoms with Crippen LogP contribution in [0.15, 0.2) is 42.5 Å². The average Bonchev–Trinajstić information content (AvgIpc) is 2.60. The molecule has 1 amide bonds. The number of amides is 1. The van der Waals surface area contributed by atoms with Crippen molar-refractivity contribution in [3.8, 4) is 5.75 Å². The molecule has 1 aliphatic rings. The van der Waals surface area contributed by atoms with E-state index in [4.69, 9.17) is 4.74 Å². The lowest BCUT2D eigenvalue weighted by molar-refractivity contribution is -0.384. The molecule has 1 N–H and O–H groups in total. The van der Waals surface area contributed by atoms with Gasteiger partial charge in [-0.3, -0.25) is 14.9 Å². The summed E-state index contributed by atoms with van der Waals surface area (Å²) in [4.78, 5) is 25.0. The number of nitro groups is 1. The summed E-state index contributed by atoms with van der Waals surface area (Å²) in [5.74, 6) is 0.347. The number of hydrogen-bond acceptors (Lipinski definition) is 5. The Labute approximate surface area is 132 Å². The van der Waals surface area contributed by atoms with Crippen LogP contribution >= 0.6 is 0 Å². The van der Waals surface area contributed by atoms with Crippen LogP contribution in [-0.2, 0) is 0 Å². The van der Waals surface area contributed by atoms with Crippen molar-refractivity contribution in [2.24, 2.45) is 0 Å². The van der Waals surface area contributed by atoms with Gasteiger partial charge in [0.2, 0.25) is 0 Å². The van der Waals surface area contributed by atoms with Crippen LogP contribution in [0.1, 0.15) is 10.4 Å². The van der Waals surface area contributed by atoms with E-state index in [1.807, 2.05) is 12.1 Å². The number of para-hydroxylation sites is 2. The molecule has 0 spiro atoms. The van der Waals surface area contributed by atoms with Gasteiger partial charge in [0.25, 0.3) is 11.6 Å². The molecular formula is C16H15N3O4. The number of carbonyl (C=O) groups excluding carboxylic acids is 1. The summed E-state index contributed by atoms with van der Waals surface area (Å²) in [5, 5.41) is 13.9. The Morgan fingerprint density at radius 2 is 2.09 bits per heavy atom. The van der Waals surface area contributed by atoms with Crippen LogP contribution in [0.4, 0.5) is 17.1 Å². The third-order valence-corrected chi connectivity index (χ3v) is 3.68. The van der Waals surface area contributed by atoms with E-state index in [-0.39, 0.29) is 17.2 Å². The minimum atomic E-state index is -0.504. The number of ether oxygens (including phenoxy) is 1. The smallest absolute Gasteiger partial charge is 0.293 e. The van der Waals surface area contributed by atoms with Crippen molar-refractivity contribution in [2.45, 2.75) is 0 Å². The Balaban J connectivity index is 1.99. The number of carbonyl (C=O) groups is 1. The van der Waals surface area contributed by atoms with Crippen molar-refractivity contribution in [3.63, 3.8) is 0 Å². The largest absolute Gasteiger partial charge is 0.490 e. The minimum absolute atomic E-state index is 0.125. The number of nitrogens with one attached hydrogen (secondary N) is 1. The zero-order chi connectivity index (χ0) is 16.4. The first-order chi connectivity index (χ1) is 11.1. The molecule has 0 saturated heterocycles. The molecule has 0 aromatic heterocycles. The Hall–Kier alpha value is -3.09. The second kappa shape index (κ2) is 5.96. The van der Waals surface area contributed by atoms with Gasteiger partial charge in [-0.25, -0.2) is 0 Å². The van der Waals surface area contributed by atoms with Gasteiger partial charge in [0, 0.05) is 18.7 Å². The number of anilines is 2. The number of fused-ring (bicyclic) bond motifs is 1. The lowest BCUT2D eigenvalue weighted by Gasteiger charge is -2.29. The molecule has 0 fully saturated rings. The monoisotopic (exact) mass is 313 g/mol. The van der Waals surface area contributed by atoms with E-state index in [0.717, 1.165) is 0 Å². The standard InChI is InChI=1S/C16H15N3O4/c1-17-12-7-6-11(10-14(12)19(21)22)16(20)18-8-9-23-15-5-3-2-4-13(15)18/h2-7,10,17H,8-9H2,1H3. The number of benzene rings is 2. The summed E-state index contributed by atoms with van der Waals surface area (Å²) in [5.41, 5.74) is 1.19. The van der Waals surface area contributed by atoms with Crippen molar-refractivity contribution < 1.29 is 14.5 Å². The summed E-state index contributed by atoms with van der Waals surface area (Å²) in [6.07, 6.45) is 0. The van der Waals surface area contributed by atoms with Crippen LogP contribution in [0.2, 0.25) is 0 Å². The molecule has 118 valence electrons. The third kappa shape index (κ3) is 2.68. The molecule has 1 aliphatic heterocycles. The molecule has 0 bridgehead atoms. The van der Waals surface area contributed by atoms with Crippen LogP contribution in [0.5, 0.6) is 5.75 Å². The Morgan fingerprint density at radius 1 is 1.30 bits per heavy atom. The highest BCUT2D eigenvalue weighted by Crippen LogP contribution is 2.33. The summed E-state index contributed by atoms with van der Waals surface area (Å²) in [7, 11) is 1.60. The number of rotatable bonds is 3. The van der Waals surface area contributed by atoms with E-state index in [2.05, 4.69) is 5.32 Å². The first-order valence-corrected chi connectivity index (χ1v) is 7.11. The second-order valence-corrected chi connectivity index (χ2v) is 5.01. The predicted octanol–water partition coefficient (Wildman–Crippen LogP) is 2.68. The molecule has 7 nitrogen and oxygen atoms in total. The van der Waals surface area contributed by atoms with Crippen LogP contribution in [-0.4, -0.2) is 31.0 Å². The normalized spacial score (nSPS) is 13.0. The molecule has 2 aromatic rings. The Bertz CT molecular complexity index is 776. The van der Waals surface area contributed by atoms with Gasteiger partial charge < -0.3 is 15.0 Å². The number of nitrogens with zero attached hydrogens (tertiary/aromatic N) is 2. The first kappa shape index (κ1) is 14.8. The van der Waals surface area contributed by atoms with E-state index in [0.29, 0.717) is 30.3 Å². The van der Waals surface area contributed by atoms with E-state index in [1.54, 1.807) is 30.1 Å². The van der Waals surface area contributed by atoms with Gasteiger partial charge in [0.05, 0.1) is 17.2 Å². The van der Waals surface area contributed by atoms with E-state index in [9.17, 15) is 14.9 Å². The first-order valence-electron chi connectivity index (χ1n) is 7.11. The summed E-state index contributed by atoms with van der Waals surface area (Å²) in [6.45, 7) is 0.789. The topological polar surface area (TPSA) is 84.7 Å². The fraction of sp³-hybridized carbons (Fsp3) is 0.188. The number of hydrogen-bond donors (Lipinski definition) is 1. The molecule has 0 unspecified atom stereocenters. The van der Waals surface area contributed by atoms with Crippen molar-refractivity contribution in [1.82, 2.24) is 0 Å². The predicted molar refractivity (Wildman–Crippen MR) is 86.3 cm³/mol. The lowest BCUT2D eigenvalue weighted by Crippen LogP contribution is -2.37. The molecule has 3 rings (SSSR count). The third-order valence-electron chi connectivity index (χ3n) is 3.68. The molecule has 2 aromatic carbocycles. The van der Waals surface area contributed by atoms with E-state index < -0.39 is 4.92 Å². The van der Waals surface area contributed by atoms with Crippen molar-refractivity contribution in [1.29, 1.82) is 0 Å². The molecule has 1 heterocycles. The van der Waals surface area contributed by atoms with Gasteiger partial charge >= 0.3 is 0 Å². The Kier molecular flexibility index (Phi) is 3.84. The van der Waals surface area contributed by atoms with E-state index in [1.165, 1.54) is 12.1 Å². The van der Waals surface area contributed by atoms with Gasteiger partial charge in [0.15, 0.2) is 0 Å². The van der Waals surface area contributed by atoms with Gasteiger partial charge in [-0.15, -0.1) is 0 Å². The highest BCUT2D eigenvalue weighted by atomic mass is 16.6. The summed E-state index contributed by atoms with van der Waals surface area (Å²) in [6, 6.07) is 11.7. The maximum absolute atomic E-state index is 12.8. The molecular weight excluding hydrogens is 298 g/mol. The van der Waals surface area contributed by atoms with Crippen molar-refractivity contribution in [2.75, 3.05) is 30.4 Å². The highest BCUT2D eigenvalue weighted by Gasteiger charge is 2.26. The Morgan fingerprint density at radius 3 is 2.83 bits per heavy atom. The van der Waals surface area contributed by atoms with Crippen LogP contribution < -0.4 is 15.0 Å². The fourth-order valence-electron chi connectivity index (χ4n) is 2.56. The van der Waals surface area contributed by atoms with Crippen LogP contribution in [0.3, 0.4) is 0 Å². The van der Waals surface area contributed by atoms with E-state index >= 15 is 0 Å². The average molecular weight is 313 g/mol.